The van der Waals surface area contributed by atoms with Crippen molar-refractivity contribution in [1.82, 2.24) is 4.98 Å². The van der Waals surface area contributed by atoms with Gasteiger partial charge in [-0.25, -0.2) is 4.98 Å². The van der Waals surface area contributed by atoms with Gasteiger partial charge in [-0.3, -0.25) is 10.1 Å². The number of ether oxygens (including phenoxy) is 3. The van der Waals surface area contributed by atoms with Crippen LogP contribution in [0.5, 0.6) is 17.2 Å². The number of carbonyl (C=O) groups is 1. The Morgan fingerprint density at radius 2 is 1.89 bits per heavy atom. The number of hydrogen-bond acceptors (Lipinski definition) is 6. The standard InChI is InChI=1S/C20H20N2O4S/c1-3-25-17-9-4-5-10-18(17)26-12-19(23)22-20-21-16(13-27-20)14-7-6-8-15(11-14)24-2/h4-11,13H,3,12H2,1-2H3,(H,21,22,23). The lowest BCUT2D eigenvalue weighted by atomic mass is 10.2. The van der Waals surface area contributed by atoms with Gasteiger partial charge in [0.1, 0.15) is 5.75 Å². The monoisotopic (exact) mass is 384 g/mol. The fourth-order valence-corrected chi connectivity index (χ4v) is 3.12. The van der Waals surface area contributed by atoms with E-state index in [1.807, 2.05) is 48.7 Å². The molecule has 0 atom stereocenters. The molecule has 3 rings (SSSR count). The predicted octanol–water partition coefficient (Wildman–Crippen LogP) is 4.23. The molecule has 0 radical (unpaired) electrons. The number of amides is 1. The van der Waals surface area contributed by atoms with E-state index in [1.54, 1.807) is 19.2 Å². The summed E-state index contributed by atoms with van der Waals surface area (Å²) in [6.07, 6.45) is 0. The van der Waals surface area contributed by atoms with Crippen LogP contribution in [0.4, 0.5) is 5.13 Å². The second-order valence-electron chi connectivity index (χ2n) is 5.49. The SMILES string of the molecule is CCOc1ccccc1OCC(=O)Nc1nc(-c2cccc(OC)c2)cs1. The Morgan fingerprint density at radius 1 is 1.11 bits per heavy atom. The Hall–Kier alpha value is -3.06. The normalized spacial score (nSPS) is 10.3. The summed E-state index contributed by atoms with van der Waals surface area (Å²) in [5.41, 5.74) is 1.70. The average molecular weight is 384 g/mol. The minimum Gasteiger partial charge on any atom is -0.497 e. The van der Waals surface area contributed by atoms with Crippen LogP contribution in [-0.4, -0.2) is 31.2 Å². The van der Waals surface area contributed by atoms with Gasteiger partial charge in [0.05, 0.1) is 19.4 Å². The number of nitrogens with zero attached hydrogens (tertiary/aromatic N) is 1. The average Bonchev–Trinajstić information content (AvgIpc) is 3.16. The first-order valence-electron chi connectivity index (χ1n) is 8.44. The Kier molecular flexibility index (Phi) is 6.27. The van der Waals surface area contributed by atoms with Crippen LogP contribution < -0.4 is 19.5 Å². The number of nitrogens with one attached hydrogen (secondary N) is 1. The van der Waals surface area contributed by atoms with Crippen molar-refractivity contribution in [2.24, 2.45) is 0 Å². The minimum absolute atomic E-state index is 0.127. The number of thiazole rings is 1. The van der Waals surface area contributed by atoms with Crippen LogP contribution in [0.3, 0.4) is 0 Å². The van der Waals surface area contributed by atoms with Crippen LogP contribution in [0.15, 0.2) is 53.9 Å². The van der Waals surface area contributed by atoms with Crippen molar-refractivity contribution < 1.29 is 19.0 Å². The van der Waals surface area contributed by atoms with Crippen LogP contribution in [-0.2, 0) is 4.79 Å². The van der Waals surface area contributed by atoms with Gasteiger partial charge in [-0.15, -0.1) is 11.3 Å². The van der Waals surface area contributed by atoms with Crippen LogP contribution in [0, 0.1) is 0 Å². The molecule has 140 valence electrons. The highest BCUT2D eigenvalue weighted by molar-refractivity contribution is 7.14. The van der Waals surface area contributed by atoms with Crippen LogP contribution >= 0.6 is 11.3 Å². The zero-order valence-electron chi connectivity index (χ0n) is 15.1. The third kappa shape index (κ3) is 4.98. The molecule has 0 unspecified atom stereocenters. The second kappa shape index (κ2) is 9.05. The Balaban J connectivity index is 1.60. The highest BCUT2D eigenvalue weighted by Crippen LogP contribution is 2.28. The molecule has 0 aliphatic heterocycles. The molecule has 1 heterocycles. The van der Waals surface area contributed by atoms with Gasteiger partial charge in [-0.1, -0.05) is 24.3 Å². The summed E-state index contributed by atoms with van der Waals surface area (Å²) in [5.74, 6) is 1.62. The number of anilines is 1. The summed E-state index contributed by atoms with van der Waals surface area (Å²) >= 11 is 1.35. The molecule has 0 fully saturated rings. The summed E-state index contributed by atoms with van der Waals surface area (Å²) in [6, 6.07) is 14.9. The fraction of sp³-hybridized carbons (Fsp3) is 0.200. The van der Waals surface area contributed by atoms with Crippen LogP contribution in [0.2, 0.25) is 0 Å². The Labute approximate surface area is 161 Å². The number of benzene rings is 2. The zero-order chi connectivity index (χ0) is 19.1. The van der Waals surface area contributed by atoms with Crippen molar-refractivity contribution >= 4 is 22.4 Å². The maximum atomic E-state index is 12.2. The second-order valence-corrected chi connectivity index (χ2v) is 6.34. The summed E-state index contributed by atoms with van der Waals surface area (Å²) in [6.45, 7) is 2.29. The van der Waals surface area contributed by atoms with Crippen molar-refractivity contribution in [3.63, 3.8) is 0 Å². The fourth-order valence-electron chi connectivity index (χ4n) is 2.39. The van der Waals surface area contributed by atoms with E-state index in [0.29, 0.717) is 23.2 Å². The van der Waals surface area contributed by atoms with E-state index in [2.05, 4.69) is 10.3 Å². The van der Waals surface area contributed by atoms with E-state index in [4.69, 9.17) is 14.2 Å². The molecule has 1 N–H and O–H groups in total. The minimum atomic E-state index is -0.284. The van der Waals surface area contributed by atoms with E-state index < -0.39 is 0 Å². The van der Waals surface area contributed by atoms with Gasteiger partial charge in [0.25, 0.3) is 5.91 Å². The van der Waals surface area contributed by atoms with E-state index in [1.165, 1.54) is 11.3 Å². The van der Waals surface area contributed by atoms with Gasteiger partial charge in [0, 0.05) is 10.9 Å². The topological polar surface area (TPSA) is 69.7 Å². The number of carbonyl (C=O) groups excluding carboxylic acids is 1. The van der Waals surface area contributed by atoms with E-state index >= 15 is 0 Å². The molecular weight excluding hydrogens is 364 g/mol. The molecule has 1 amide bonds. The van der Waals surface area contributed by atoms with E-state index in [0.717, 1.165) is 17.0 Å². The molecule has 3 aromatic rings. The summed E-state index contributed by atoms with van der Waals surface area (Å²) < 4.78 is 16.3. The maximum Gasteiger partial charge on any atom is 0.264 e. The smallest absolute Gasteiger partial charge is 0.264 e. The van der Waals surface area contributed by atoms with Gasteiger partial charge < -0.3 is 14.2 Å². The van der Waals surface area contributed by atoms with Crippen molar-refractivity contribution in [3.8, 4) is 28.5 Å². The molecule has 0 saturated heterocycles. The van der Waals surface area contributed by atoms with Crippen molar-refractivity contribution in [3.05, 3.63) is 53.9 Å². The predicted molar refractivity (Wildman–Crippen MR) is 106 cm³/mol. The lowest BCUT2D eigenvalue weighted by Crippen LogP contribution is -2.20. The van der Waals surface area contributed by atoms with Gasteiger partial charge >= 0.3 is 0 Å². The molecule has 6 nitrogen and oxygen atoms in total. The first-order chi connectivity index (χ1) is 13.2. The summed E-state index contributed by atoms with van der Waals surface area (Å²) in [7, 11) is 1.62. The third-order valence-corrected chi connectivity index (χ3v) is 4.38. The molecule has 0 spiro atoms. The van der Waals surface area contributed by atoms with Crippen LogP contribution in [0.1, 0.15) is 6.92 Å². The first kappa shape index (κ1) is 18.7. The van der Waals surface area contributed by atoms with E-state index in [-0.39, 0.29) is 12.5 Å². The lowest BCUT2D eigenvalue weighted by molar-refractivity contribution is -0.118. The third-order valence-electron chi connectivity index (χ3n) is 3.62. The van der Waals surface area contributed by atoms with Crippen molar-refractivity contribution in [1.29, 1.82) is 0 Å². The number of rotatable bonds is 8. The van der Waals surface area contributed by atoms with Crippen molar-refractivity contribution in [2.75, 3.05) is 25.6 Å². The molecule has 1 aromatic heterocycles. The zero-order valence-corrected chi connectivity index (χ0v) is 15.9. The van der Waals surface area contributed by atoms with Gasteiger partial charge in [-0.2, -0.15) is 0 Å². The van der Waals surface area contributed by atoms with E-state index in [9.17, 15) is 4.79 Å². The summed E-state index contributed by atoms with van der Waals surface area (Å²) in [4.78, 5) is 16.6. The number of methoxy groups -OCH3 is 1. The molecule has 7 heteroatoms. The number of para-hydroxylation sites is 2. The molecule has 0 aliphatic carbocycles. The highest BCUT2D eigenvalue weighted by atomic mass is 32.1. The molecule has 2 aromatic carbocycles. The largest absolute Gasteiger partial charge is 0.497 e. The van der Waals surface area contributed by atoms with Gasteiger partial charge in [0.2, 0.25) is 0 Å². The molecule has 0 saturated carbocycles. The lowest BCUT2D eigenvalue weighted by Gasteiger charge is -2.10. The molecule has 0 bridgehead atoms. The Bertz CT molecular complexity index is 910. The highest BCUT2D eigenvalue weighted by Gasteiger charge is 2.11. The Morgan fingerprint density at radius 3 is 2.63 bits per heavy atom. The van der Waals surface area contributed by atoms with Gasteiger partial charge in [0.15, 0.2) is 23.2 Å². The van der Waals surface area contributed by atoms with Crippen LogP contribution in [0.25, 0.3) is 11.3 Å². The quantitative estimate of drug-likeness (QED) is 0.629. The molecule has 0 aliphatic rings. The van der Waals surface area contributed by atoms with Gasteiger partial charge in [-0.05, 0) is 31.2 Å². The first-order valence-corrected chi connectivity index (χ1v) is 9.32. The van der Waals surface area contributed by atoms with Crippen molar-refractivity contribution in [2.45, 2.75) is 6.92 Å². The number of aromatic nitrogens is 1. The number of hydrogen-bond donors (Lipinski definition) is 1. The molecule has 27 heavy (non-hydrogen) atoms. The molecular formula is C20H20N2O4S. The summed E-state index contributed by atoms with van der Waals surface area (Å²) in [5, 5.41) is 5.15. The maximum absolute atomic E-state index is 12.2.